The van der Waals surface area contributed by atoms with Crippen LogP contribution in [-0.2, 0) is 22.5 Å². The number of hydrogen-bond donors (Lipinski definition) is 1. The summed E-state index contributed by atoms with van der Waals surface area (Å²) >= 11 is 1.61. The average Bonchev–Trinajstić information content (AvgIpc) is 3.46. The lowest BCUT2D eigenvalue weighted by Crippen LogP contribution is -2.45. The lowest BCUT2D eigenvalue weighted by Gasteiger charge is -2.28. The summed E-state index contributed by atoms with van der Waals surface area (Å²) in [6.45, 7) is 6.43. The van der Waals surface area contributed by atoms with Crippen molar-refractivity contribution in [1.82, 2.24) is 9.80 Å². The first kappa shape index (κ1) is 30.0. The van der Waals surface area contributed by atoms with Crippen LogP contribution in [0.3, 0.4) is 0 Å². The van der Waals surface area contributed by atoms with Gasteiger partial charge in [-0.1, -0.05) is 29.8 Å². The summed E-state index contributed by atoms with van der Waals surface area (Å²) in [4.78, 5) is 31.3. The summed E-state index contributed by atoms with van der Waals surface area (Å²) in [6.07, 6.45) is 1.27. The Hall–Kier alpha value is -3.56. The molecule has 0 aliphatic carbocycles. The van der Waals surface area contributed by atoms with Crippen LogP contribution in [0.4, 0.5) is 10.5 Å². The van der Waals surface area contributed by atoms with Crippen molar-refractivity contribution in [2.75, 3.05) is 52.4 Å². The summed E-state index contributed by atoms with van der Waals surface area (Å²) < 4.78 is 16.3. The van der Waals surface area contributed by atoms with Crippen molar-refractivity contribution >= 4 is 29.0 Å². The first-order valence-electron chi connectivity index (χ1n) is 13.1. The molecule has 3 rings (SSSR count). The highest BCUT2D eigenvalue weighted by molar-refractivity contribution is 7.09. The van der Waals surface area contributed by atoms with Crippen molar-refractivity contribution in [3.05, 3.63) is 76.0 Å². The number of methoxy groups -OCH3 is 2. The average molecular weight is 554 g/mol. The van der Waals surface area contributed by atoms with Crippen molar-refractivity contribution in [3.8, 4) is 11.5 Å². The highest BCUT2D eigenvalue weighted by Crippen LogP contribution is 2.28. The van der Waals surface area contributed by atoms with Gasteiger partial charge in [0.05, 0.1) is 20.8 Å². The number of hydrogen-bond acceptors (Lipinski definition) is 6. The molecule has 0 aliphatic rings. The molecule has 1 aromatic heterocycles. The van der Waals surface area contributed by atoms with E-state index in [0.29, 0.717) is 62.9 Å². The summed E-state index contributed by atoms with van der Waals surface area (Å²) in [5.41, 5.74) is 2.83. The van der Waals surface area contributed by atoms with E-state index >= 15 is 0 Å². The third-order valence-corrected chi connectivity index (χ3v) is 7.10. The summed E-state index contributed by atoms with van der Waals surface area (Å²) in [6, 6.07) is 17.1. The van der Waals surface area contributed by atoms with E-state index in [2.05, 4.69) is 5.32 Å². The molecule has 9 heteroatoms. The third kappa shape index (κ3) is 9.60. The molecule has 1 N–H and O–H groups in total. The van der Waals surface area contributed by atoms with Gasteiger partial charge < -0.3 is 29.3 Å². The maximum Gasteiger partial charge on any atom is 0.322 e. The normalized spacial score (nSPS) is 10.7. The van der Waals surface area contributed by atoms with Gasteiger partial charge in [-0.05, 0) is 68.0 Å². The molecule has 8 nitrogen and oxygen atoms in total. The van der Waals surface area contributed by atoms with Crippen LogP contribution in [0, 0.1) is 6.92 Å². The Kier molecular flexibility index (Phi) is 12.1. The van der Waals surface area contributed by atoms with Crippen LogP contribution in [-0.4, -0.2) is 68.8 Å². The largest absolute Gasteiger partial charge is 0.493 e. The molecular formula is C30H39N3O5S. The molecule has 39 heavy (non-hydrogen) atoms. The van der Waals surface area contributed by atoms with Gasteiger partial charge in [-0.2, -0.15) is 0 Å². The molecule has 1 heterocycles. The first-order chi connectivity index (χ1) is 18.9. The number of thiophene rings is 1. The number of aryl methyl sites for hydroxylation is 1. The second kappa shape index (κ2) is 15.8. The zero-order chi connectivity index (χ0) is 28.0. The molecule has 0 spiro atoms. The Morgan fingerprint density at radius 1 is 0.949 bits per heavy atom. The first-order valence-corrected chi connectivity index (χ1v) is 14.0. The molecule has 0 aliphatic heterocycles. The molecule has 0 saturated heterocycles. The minimum atomic E-state index is -0.306. The molecule has 0 fully saturated rings. The number of rotatable bonds is 15. The fourth-order valence-corrected chi connectivity index (χ4v) is 4.76. The van der Waals surface area contributed by atoms with Crippen molar-refractivity contribution in [1.29, 1.82) is 0 Å². The molecule has 0 unspecified atom stereocenters. The monoisotopic (exact) mass is 553 g/mol. The smallest absolute Gasteiger partial charge is 0.322 e. The standard InChI is InChI=1S/C30H39N3O5S/c1-5-38-18-7-16-33(30(35)31-25-12-9-23(2)10-13-25)22-29(34)32(21-26-8-6-19-39-26)17-15-24-11-14-27(36-3)28(20-24)37-4/h6,8-14,19-20H,5,7,15-18,21-22H2,1-4H3,(H,31,35). The quantitative estimate of drug-likeness (QED) is 0.248. The number of nitrogens with zero attached hydrogens (tertiary/aromatic N) is 2. The molecule has 0 radical (unpaired) electrons. The van der Waals surface area contributed by atoms with Crippen molar-refractivity contribution in [3.63, 3.8) is 0 Å². The van der Waals surface area contributed by atoms with E-state index in [1.807, 2.05) is 78.7 Å². The Labute approximate surface area is 235 Å². The number of benzene rings is 2. The number of nitrogens with one attached hydrogen (secondary N) is 1. The van der Waals surface area contributed by atoms with Crippen LogP contribution in [0.25, 0.3) is 0 Å². The van der Waals surface area contributed by atoms with E-state index in [1.54, 1.807) is 30.5 Å². The van der Waals surface area contributed by atoms with E-state index in [-0.39, 0.29) is 18.5 Å². The molecule has 2 aromatic carbocycles. The Morgan fingerprint density at radius 3 is 2.38 bits per heavy atom. The fraction of sp³-hybridized carbons (Fsp3) is 0.400. The van der Waals surface area contributed by atoms with Gasteiger partial charge in [0.25, 0.3) is 0 Å². The molecule has 210 valence electrons. The van der Waals surface area contributed by atoms with Crippen LogP contribution in [0.1, 0.15) is 29.3 Å². The Balaban J connectivity index is 1.73. The maximum atomic E-state index is 13.6. The number of ether oxygens (including phenoxy) is 3. The molecule has 0 bridgehead atoms. The highest BCUT2D eigenvalue weighted by Gasteiger charge is 2.22. The van der Waals surface area contributed by atoms with Gasteiger partial charge in [-0.15, -0.1) is 11.3 Å². The molecule has 3 amide bonds. The van der Waals surface area contributed by atoms with Crippen LogP contribution in [0.15, 0.2) is 60.0 Å². The number of carbonyl (C=O) groups is 2. The van der Waals surface area contributed by atoms with Gasteiger partial charge in [0, 0.05) is 36.9 Å². The predicted molar refractivity (Wildman–Crippen MR) is 156 cm³/mol. The van der Waals surface area contributed by atoms with E-state index in [9.17, 15) is 9.59 Å². The van der Waals surface area contributed by atoms with Crippen LogP contribution in [0.5, 0.6) is 11.5 Å². The zero-order valence-corrected chi connectivity index (χ0v) is 24.1. The SMILES string of the molecule is CCOCCCN(CC(=O)N(CCc1ccc(OC)c(OC)c1)Cc1cccs1)C(=O)Nc1ccc(C)cc1. The maximum absolute atomic E-state index is 13.6. The lowest BCUT2D eigenvalue weighted by atomic mass is 10.1. The van der Waals surface area contributed by atoms with Crippen LogP contribution >= 0.6 is 11.3 Å². The predicted octanol–water partition coefficient (Wildman–Crippen LogP) is 5.61. The van der Waals surface area contributed by atoms with Crippen molar-refractivity contribution in [2.24, 2.45) is 0 Å². The minimum Gasteiger partial charge on any atom is -0.493 e. The lowest BCUT2D eigenvalue weighted by molar-refractivity contribution is -0.132. The van der Waals surface area contributed by atoms with Crippen molar-refractivity contribution in [2.45, 2.75) is 33.2 Å². The third-order valence-electron chi connectivity index (χ3n) is 6.23. The van der Waals surface area contributed by atoms with Gasteiger partial charge in [0.15, 0.2) is 11.5 Å². The van der Waals surface area contributed by atoms with E-state index < -0.39 is 0 Å². The fourth-order valence-electron chi connectivity index (χ4n) is 4.04. The second-order valence-electron chi connectivity index (χ2n) is 9.10. The minimum absolute atomic E-state index is 0.0267. The number of amides is 3. The van der Waals surface area contributed by atoms with Gasteiger partial charge in [-0.25, -0.2) is 4.79 Å². The molecule has 3 aromatic rings. The number of carbonyl (C=O) groups excluding carboxylic acids is 2. The van der Waals surface area contributed by atoms with Gasteiger partial charge >= 0.3 is 6.03 Å². The Morgan fingerprint density at radius 2 is 1.72 bits per heavy atom. The summed E-state index contributed by atoms with van der Waals surface area (Å²) in [5, 5.41) is 4.93. The highest BCUT2D eigenvalue weighted by atomic mass is 32.1. The van der Waals surface area contributed by atoms with Gasteiger partial charge in [0.1, 0.15) is 6.54 Å². The van der Waals surface area contributed by atoms with Crippen LogP contribution < -0.4 is 14.8 Å². The molecule has 0 saturated carbocycles. The molecule has 0 atom stereocenters. The second-order valence-corrected chi connectivity index (χ2v) is 10.1. The van der Waals surface area contributed by atoms with Gasteiger partial charge in [0.2, 0.25) is 5.91 Å². The number of anilines is 1. The summed E-state index contributed by atoms with van der Waals surface area (Å²) in [7, 11) is 3.21. The van der Waals surface area contributed by atoms with E-state index in [0.717, 1.165) is 16.0 Å². The number of urea groups is 1. The topological polar surface area (TPSA) is 80.3 Å². The van der Waals surface area contributed by atoms with E-state index in [4.69, 9.17) is 14.2 Å². The van der Waals surface area contributed by atoms with Gasteiger partial charge in [-0.3, -0.25) is 4.79 Å². The van der Waals surface area contributed by atoms with Crippen molar-refractivity contribution < 1.29 is 23.8 Å². The summed E-state index contributed by atoms with van der Waals surface area (Å²) in [5.74, 6) is 1.20. The zero-order valence-electron chi connectivity index (χ0n) is 23.3. The van der Waals surface area contributed by atoms with E-state index in [1.165, 1.54) is 0 Å². The Bertz CT molecular complexity index is 1170. The van der Waals surface area contributed by atoms with Crippen LogP contribution in [0.2, 0.25) is 0 Å². The molecular weight excluding hydrogens is 514 g/mol.